The molecule has 1 aromatic carbocycles. The van der Waals surface area contributed by atoms with Crippen molar-refractivity contribution >= 4 is 27.2 Å². The summed E-state index contributed by atoms with van der Waals surface area (Å²) < 4.78 is 2.30. The zero-order chi connectivity index (χ0) is 21.3. The zero-order valence-electron chi connectivity index (χ0n) is 17.9. The van der Waals surface area contributed by atoms with E-state index in [0.29, 0.717) is 17.2 Å². The first-order valence-corrected chi connectivity index (χ1v) is 11.5. The van der Waals surface area contributed by atoms with Gasteiger partial charge in [0, 0.05) is 29.7 Å². The highest BCUT2D eigenvalue weighted by molar-refractivity contribution is 7.18. The lowest BCUT2D eigenvalue weighted by atomic mass is 10.1. The third-order valence-corrected chi connectivity index (χ3v) is 7.24. The van der Waals surface area contributed by atoms with Crippen molar-refractivity contribution in [3.05, 3.63) is 51.9 Å². The van der Waals surface area contributed by atoms with Crippen molar-refractivity contribution in [1.82, 2.24) is 14.5 Å². The Bertz CT molecular complexity index is 1060. The van der Waals surface area contributed by atoms with Crippen molar-refractivity contribution in [2.75, 3.05) is 32.1 Å². The molecule has 1 aliphatic heterocycles. The minimum atomic E-state index is -0.290. The summed E-state index contributed by atoms with van der Waals surface area (Å²) in [5.41, 5.74) is 2.73. The van der Waals surface area contributed by atoms with Gasteiger partial charge < -0.3 is 14.9 Å². The molecule has 7 heteroatoms. The van der Waals surface area contributed by atoms with Crippen LogP contribution in [0.15, 0.2) is 41.5 Å². The van der Waals surface area contributed by atoms with Crippen LogP contribution in [0.3, 0.4) is 0 Å². The standard InChI is InChI=1S/C23H30N4O2S/c1-4-19(28)9-10-20-13-21-22(30-20)23(29)27(15-24-21)17-7-5-16(6-8-17)26-12-11-18(14-26)25(2)3/h5-8,13,15,18-19,28H,4,9-12,14H2,1-3H3/t18-,19?/m1/s1. The molecule has 0 bridgehead atoms. The first kappa shape index (κ1) is 21.0. The predicted octanol–water partition coefficient (Wildman–Crippen LogP) is 3.29. The number of hydrogen-bond acceptors (Lipinski definition) is 6. The minimum Gasteiger partial charge on any atom is -0.393 e. The second-order valence-corrected chi connectivity index (χ2v) is 9.45. The highest BCUT2D eigenvalue weighted by Crippen LogP contribution is 2.25. The molecule has 0 amide bonds. The van der Waals surface area contributed by atoms with Crippen LogP contribution in [-0.2, 0) is 6.42 Å². The maximum absolute atomic E-state index is 13.1. The van der Waals surface area contributed by atoms with E-state index in [0.717, 1.165) is 42.0 Å². The normalized spacial score (nSPS) is 17.9. The molecular formula is C23H30N4O2S. The van der Waals surface area contributed by atoms with Crippen molar-refractivity contribution in [1.29, 1.82) is 0 Å². The number of aliphatic hydroxyl groups excluding tert-OH is 1. The molecule has 0 aliphatic carbocycles. The van der Waals surface area contributed by atoms with Crippen LogP contribution >= 0.6 is 11.3 Å². The minimum absolute atomic E-state index is 0.0334. The maximum Gasteiger partial charge on any atom is 0.275 e. The molecule has 2 atom stereocenters. The molecule has 30 heavy (non-hydrogen) atoms. The topological polar surface area (TPSA) is 61.6 Å². The van der Waals surface area contributed by atoms with Gasteiger partial charge in [-0.25, -0.2) is 4.98 Å². The van der Waals surface area contributed by atoms with Gasteiger partial charge in [-0.1, -0.05) is 6.92 Å². The van der Waals surface area contributed by atoms with Gasteiger partial charge in [0.1, 0.15) is 11.0 Å². The van der Waals surface area contributed by atoms with Gasteiger partial charge in [-0.15, -0.1) is 11.3 Å². The fourth-order valence-corrected chi connectivity index (χ4v) is 5.06. The van der Waals surface area contributed by atoms with Crippen LogP contribution in [0.2, 0.25) is 0 Å². The van der Waals surface area contributed by atoms with Crippen molar-refractivity contribution in [3.8, 4) is 5.69 Å². The molecule has 3 heterocycles. The van der Waals surface area contributed by atoms with E-state index in [-0.39, 0.29) is 11.7 Å². The Labute approximate surface area is 181 Å². The number of anilines is 1. The molecule has 1 aliphatic rings. The van der Waals surface area contributed by atoms with Gasteiger partial charge >= 0.3 is 0 Å². The van der Waals surface area contributed by atoms with Gasteiger partial charge in [0.05, 0.1) is 17.3 Å². The van der Waals surface area contributed by atoms with Crippen LogP contribution in [0.5, 0.6) is 0 Å². The number of aromatic nitrogens is 2. The van der Waals surface area contributed by atoms with Crippen molar-refractivity contribution in [3.63, 3.8) is 0 Å². The number of aryl methyl sites for hydroxylation is 1. The fraction of sp³-hybridized carbons (Fsp3) is 0.478. The van der Waals surface area contributed by atoms with Gasteiger partial charge in [0.15, 0.2) is 0 Å². The van der Waals surface area contributed by atoms with Crippen LogP contribution in [0.1, 0.15) is 31.1 Å². The summed E-state index contributed by atoms with van der Waals surface area (Å²) in [6.45, 7) is 4.07. The first-order chi connectivity index (χ1) is 14.5. The molecule has 1 fully saturated rings. The van der Waals surface area contributed by atoms with Gasteiger partial charge in [0.25, 0.3) is 5.56 Å². The Morgan fingerprint density at radius 2 is 2.00 bits per heavy atom. The Hall–Kier alpha value is -2.22. The SMILES string of the molecule is CCC(O)CCc1cc2ncn(-c3ccc(N4CC[C@@H](N(C)C)C4)cc3)c(=O)c2s1. The summed E-state index contributed by atoms with van der Waals surface area (Å²) in [4.78, 5) is 23.4. The Balaban J connectivity index is 1.54. The molecule has 6 nitrogen and oxygen atoms in total. The summed E-state index contributed by atoms with van der Waals surface area (Å²) in [5, 5.41) is 9.80. The fourth-order valence-electron chi connectivity index (χ4n) is 4.00. The molecule has 4 rings (SSSR count). The van der Waals surface area contributed by atoms with Gasteiger partial charge in [-0.2, -0.15) is 0 Å². The highest BCUT2D eigenvalue weighted by atomic mass is 32.1. The van der Waals surface area contributed by atoms with Crippen LogP contribution in [0.25, 0.3) is 15.9 Å². The average molecular weight is 427 g/mol. The van der Waals surface area contributed by atoms with Gasteiger partial charge in [-0.3, -0.25) is 9.36 Å². The number of benzene rings is 1. The van der Waals surface area contributed by atoms with Crippen molar-refractivity contribution in [2.24, 2.45) is 0 Å². The number of aliphatic hydroxyl groups is 1. The summed E-state index contributed by atoms with van der Waals surface area (Å²) >= 11 is 1.49. The third kappa shape index (κ3) is 4.29. The predicted molar refractivity (Wildman–Crippen MR) is 124 cm³/mol. The van der Waals surface area contributed by atoms with E-state index in [4.69, 9.17) is 0 Å². The lowest BCUT2D eigenvalue weighted by Gasteiger charge is -2.22. The molecule has 0 saturated carbocycles. The van der Waals surface area contributed by atoms with E-state index in [9.17, 15) is 9.90 Å². The summed E-state index contributed by atoms with van der Waals surface area (Å²) in [5.74, 6) is 0. The second kappa shape index (κ2) is 8.88. The summed E-state index contributed by atoms with van der Waals surface area (Å²) in [6, 6.07) is 10.8. The van der Waals surface area contributed by atoms with Crippen LogP contribution in [0.4, 0.5) is 5.69 Å². The highest BCUT2D eigenvalue weighted by Gasteiger charge is 2.24. The molecule has 1 saturated heterocycles. The number of hydrogen-bond donors (Lipinski definition) is 1. The molecule has 2 aromatic heterocycles. The number of likely N-dealkylation sites (N-methyl/N-ethyl adjacent to an activating group) is 1. The van der Waals surface area contributed by atoms with Gasteiger partial charge in [-0.05, 0) is 70.1 Å². The molecule has 1 unspecified atom stereocenters. The first-order valence-electron chi connectivity index (χ1n) is 10.7. The Morgan fingerprint density at radius 3 is 2.67 bits per heavy atom. The van der Waals surface area contributed by atoms with E-state index in [1.165, 1.54) is 23.4 Å². The lowest BCUT2D eigenvalue weighted by molar-refractivity contribution is 0.161. The van der Waals surface area contributed by atoms with Gasteiger partial charge in [0.2, 0.25) is 0 Å². The number of rotatable bonds is 7. The van der Waals surface area contributed by atoms with E-state index in [2.05, 4.69) is 41.0 Å². The summed E-state index contributed by atoms with van der Waals surface area (Å²) in [7, 11) is 4.27. The molecule has 0 spiro atoms. The maximum atomic E-state index is 13.1. The number of fused-ring (bicyclic) bond motifs is 1. The smallest absolute Gasteiger partial charge is 0.275 e. The van der Waals surface area contributed by atoms with Crippen LogP contribution in [0, 0.1) is 0 Å². The largest absolute Gasteiger partial charge is 0.393 e. The van der Waals surface area contributed by atoms with E-state index >= 15 is 0 Å². The molecule has 0 radical (unpaired) electrons. The molecule has 1 N–H and O–H groups in total. The Kier molecular flexibility index (Phi) is 6.22. The van der Waals surface area contributed by atoms with Crippen molar-refractivity contribution in [2.45, 2.75) is 44.8 Å². The Morgan fingerprint density at radius 1 is 1.27 bits per heavy atom. The van der Waals surface area contributed by atoms with E-state index in [1.54, 1.807) is 10.9 Å². The summed E-state index contributed by atoms with van der Waals surface area (Å²) in [6.07, 6.45) is 4.74. The third-order valence-electron chi connectivity index (χ3n) is 6.07. The number of thiophene rings is 1. The molecule has 3 aromatic rings. The zero-order valence-corrected chi connectivity index (χ0v) is 18.7. The molecule has 160 valence electrons. The van der Waals surface area contributed by atoms with Crippen LogP contribution < -0.4 is 10.5 Å². The van der Waals surface area contributed by atoms with Crippen molar-refractivity contribution < 1.29 is 5.11 Å². The monoisotopic (exact) mass is 426 g/mol. The average Bonchev–Trinajstić information content (AvgIpc) is 3.40. The van der Waals surface area contributed by atoms with E-state index in [1.807, 2.05) is 25.1 Å². The second-order valence-electron chi connectivity index (χ2n) is 8.32. The number of nitrogens with zero attached hydrogens (tertiary/aromatic N) is 4. The lowest BCUT2D eigenvalue weighted by Crippen LogP contribution is -2.31. The molecular weight excluding hydrogens is 396 g/mol. The quantitative estimate of drug-likeness (QED) is 0.628. The van der Waals surface area contributed by atoms with Crippen LogP contribution in [-0.4, -0.2) is 58.9 Å². The van der Waals surface area contributed by atoms with E-state index < -0.39 is 0 Å².